The van der Waals surface area contributed by atoms with E-state index in [0.717, 1.165) is 0 Å². The Balaban J connectivity index is 2.85. The Kier molecular flexibility index (Phi) is 6.09. The van der Waals surface area contributed by atoms with Crippen LogP contribution in [0.5, 0.6) is 11.5 Å². The second-order valence-electron chi connectivity index (χ2n) is 4.10. The van der Waals surface area contributed by atoms with Crippen LogP contribution in [0, 0.1) is 0 Å². The molecule has 0 fully saturated rings. The van der Waals surface area contributed by atoms with Crippen LogP contribution in [0.15, 0.2) is 18.2 Å². The van der Waals surface area contributed by atoms with Crippen molar-refractivity contribution in [3.05, 3.63) is 23.8 Å². The van der Waals surface area contributed by atoms with Crippen LogP contribution < -0.4 is 14.8 Å². The van der Waals surface area contributed by atoms with Crippen LogP contribution in [-0.2, 0) is 6.54 Å². The molecule has 20 heavy (non-hydrogen) atoms. The number of hydrogen-bond donors (Lipinski definition) is 2. The summed E-state index contributed by atoms with van der Waals surface area (Å²) < 4.78 is 47.0. The standard InChI is InChI=1S/C13H18F3NO3/c1-3-17-7-9-5-4-6-10(19-2)12(9)20-8-11(18)13(14,15)16/h4-6,11,17-18H,3,7-8H2,1-2H3. The van der Waals surface area contributed by atoms with Crippen molar-refractivity contribution in [2.24, 2.45) is 0 Å². The fourth-order valence-electron chi connectivity index (χ4n) is 1.54. The molecule has 0 aliphatic heterocycles. The topological polar surface area (TPSA) is 50.7 Å². The molecule has 0 amide bonds. The van der Waals surface area contributed by atoms with Crippen LogP contribution in [0.3, 0.4) is 0 Å². The van der Waals surface area contributed by atoms with E-state index in [1.165, 1.54) is 7.11 Å². The summed E-state index contributed by atoms with van der Waals surface area (Å²) in [6, 6.07) is 5.03. The molecule has 0 spiro atoms. The minimum absolute atomic E-state index is 0.208. The average Bonchev–Trinajstić information content (AvgIpc) is 2.41. The van der Waals surface area contributed by atoms with E-state index in [1.54, 1.807) is 18.2 Å². The van der Waals surface area contributed by atoms with Crippen molar-refractivity contribution in [1.82, 2.24) is 5.32 Å². The molecule has 0 saturated heterocycles. The molecule has 0 heterocycles. The summed E-state index contributed by atoms with van der Waals surface area (Å²) in [6.45, 7) is 2.18. The number of hydrogen-bond acceptors (Lipinski definition) is 4. The van der Waals surface area contributed by atoms with E-state index in [9.17, 15) is 13.2 Å². The maximum Gasteiger partial charge on any atom is 0.417 e. The number of aliphatic hydroxyl groups is 1. The second-order valence-corrected chi connectivity index (χ2v) is 4.10. The average molecular weight is 293 g/mol. The highest BCUT2D eigenvalue weighted by Gasteiger charge is 2.39. The number of methoxy groups -OCH3 is 1. The minimum Gasteiger partial charge on any atom is -0.493 e. The first kappa shape index (κ1) is 16.6. The summed E-state index contributed by atoms with van der Waals surface area (Å²) >= 11 is 0. The lowest BCUT2D eigenvalue weighted by Gasteiger charge is -2.19. The van der Waals surface area contributed by atoms with E-state index in [4.69, 9.17) is 14.6 Å². The molecular weight excluding hydrogens is 275 g/mol. The van der Waals surface area contributed by atoms with Gasteiger partial charge < -0.3 is 19.9 Å². The fourth-order valence-corrected chi connectivity index (χ4v) is 1.54. The Morgan fingerprint density at radius 2 is 2.05 bits per heavy atom. The fraction of sp³-hybridized carbons (Fsp3) is 0.538. The molecule has 4 nitrogen and oxygen atoms in total. The van der Waals surface area contributed by atoms with Crippen molar-refractivity contribution in [2.45, 2.75) is 25.7 Å². The van der Waals surface area contributed by atoms with Gasteiger partial charge in [-0.15, -0.1) is 0 Å². The molecule has 0 aliphatic rings. The largest absolute Gasteiger partial charge is 0.493 e. The molecule has 1 atom stereocenters. The zero-order chi connectivity index (χ0) is 15.2. The van der Waals surface area contributed by atoms with Gasteiger partial charge in [-0.05, 0) is 12.6 Å². The predicted octanol–water partition coefficient (Wildman–Crippen LogP) is 2.11. The summed E-state index contributed by atoms with van der Waals surface area (Å²) in [6.07, 6.45) is -7.23. The van der Waals surface area contributed by atoms with Gasteiger partial charge >= 0.3 is 6.18 Å². The van der Waals surface area contributed by atoms with Crippen LogP contribution in [-0.4, -0.2) is 37.6 Å². The Morgan fingerprint density at radius 3 is 2.60 bits per heavy atom. The quantitative estimate of drug-likeness (QED) is 0.808. The molecule has 114 valence electrons. The molecule has 1 rings (SSSR count). The third-order valence-electron chi connectivity index (χ3n) is 2.61. The Hall–Kier alpha value is -1.47. The maximum atomic E-state index is 12.3. The Labute approximate surface area is 115 Å². The van der Waals surface area contributed by atoms with Gasteiger partial charge in [0.05, 0.1) is 7.11 Å². The maximum absolute atomic E-state index is 12.3. The highest BCUT2D eigenvalue weighted by Crippen LogP contribution is 2.32. The Morgan fingerprint density at radius 1 is 1.35 bits per heavy atom. The van der Waals surface area contributed by atoms with Crippen LogP contribution in [0.2, 0.25) is 0 Å². The number of benzene rings is 1. The van der Waals surface area contributed by atoms with Gasteiger partial charge in [0.1, 0.15) is 6.61 Å². The van der Waals surface area contributed by atoms with Gasteiger partial charge in [-0.3, -0.25) is 0 Å². The molecule has 0 saturated carbocycles. The first-order chi connectivity index (χ1) is 9.40. The Bertz CT molecular complexity index is 424. The SMILES string of the molecule is CCNCc1cccc(OC)c1OCC(O)C(F)(F)F. The predicted molar refractivity (Wildman–Crippen MR) is 67.9 cm³/mol. The summed E-state index contributed by atoms with van der Waals surface area (Å²) in [5.74, 6) is 0.536. The van der Waals surface area contributed by atoms with Gasteiger partial charge in [0.2, 0.25) is 0 Å². The highest BCUT2D eigenvalue weighted by molar-refractivity contribution is 5.46. The third kappa shape index (κ3) is 4.57. The number of alkyl halides is 3. The lowest BCUT2D eigenvalue weighted by molar-refractivity contribution is -0.210. The van der Waals surface area contributed by atoms with Crippen LogP contribution >= 0.6 is 0 Å². The monoisotopic (exact) mass is 293 g/mol. The van der Waals surface area contributed by atoms with Gasteiger partial charge in [0.25, 0.3) is 0 Å². The molecule has 1 aromatic rings. The van der Waals surface area contributed by atoms with Crippen LogP contribution in [0.25, 0.3) is 0 Å². The summed E-state index contributed by atoms with van der Waals surface area (Å²) in [5, 5.41) is 12.0. The molecule has 0 radical (unpaired) electrons. The number of nitrogens with one attached hydrogen (secondary N) is 1. The van der Waals surface area contributed by atoms with E-state index in [0.29, 0.717) is 24.4 Å². The van der Waals surface area contributed by atoms with E-state index < -0.39 is 18.9 Å². The van der Waals surface area contributed by atoms with Gasteiger partial charge in [-0.2, -0.15) is 13.2 Å². The summed E-state index contributed by atoms with van der Waals surface area (Å²) in [5.41, 5.74) is 0.667. The first-order valence-corrected chi connectivity index (χ1v) is 6.14. The highest BCUT2D eigenvalue weighted by atomic mass is 19.4. The van der Waals surface area contributed by atoms with Crippen LogP contribution in [0.4, 0.5) is 13.2 Å². The van der Waals surface area contributed by atoms with Gasteiger partial charge in [0, 0.05) is 12.1 Å². The van der Waals surface area contributed by atoms with E-state index in [-0.39, 0.29) is 5.75 Å². The number of aliphatic hydroxyl groups excluding tert-OH is 1. The molecule has 7 heteroatoms. The normalized spacial score (nSPS) is 13.1. The number of para-hydroxylation sites is 1. The first-order valence-electron chi connectivity index (χ1n) is 6.14. The number of ether oxygens (including phenoxy) is 2. The number of halogens is 3. The van der Waals surface area contributed by atoms with Crippen molar-refractivity contribution < 1.29 is 27.8 Å². The molecule has 0 aliphatic carbocycles. The molecule has 1 unspecified atom stereocenters. The van der Waals surface area contributed by atoms with Crippen molar-refractivity contribution in [3.63, 3.8) is 0 Å². The van der Waals surface area contributed by atoms with Crippen molar-refractivity contribution in [1.29, 1.82) is 0 Å². The zero-order valence-corrected chi connectivity index (χ0v) is 11.3. The lowest BCUT2D eigenvalue weighted by atomic mass is 10.2. The van der Waals surface area contributed by atoms with Crippen LogP contribution in [0.1, 0.15) is 12.5 Å². The smallest absolute Gasteiger partial charge is 0.417 e. The van der Waals surface area contributed by atoms with Gasteiger partial charge in [-0.1, -0.05) is 19.1 Å². The summed E-state index contributed by atoms with van der Waals surface area (Å²) in [4.78, 5) is 0. The van der Waals surface area contributed by atoms with E-state index >= 15 is 0 Å². The second kappa shape index (κ2) is 7.35. The van der Waals surface area contributed by atoms with E-state index in [2.05, 4.69) is 5.32 Å². The zero-order valence-electron chi connectivity index (χ0n) is 11.3. The van der Waals surface area contributed by atoms with Gasteiger partial charge in [0.15, 0.2) is 17.6 Å². The van der Waals surface area contributed by atoms with Crippen molar-refractivity contribution >= 4 is 0 Å². The molecule has 0 bridgehead atoms. The van der Waals surface area contributed by atoms with Gasteiger partial charge in [-0.25, -0.2) is 0 Å². The molecule has 1 aromatic carbocycles. The number of rotatable bonds is 7. The molecular formula is C13H18F3NO3. The minimum atomic E-state index is -4.70. The lowest BCUT2D eigenvalue weighted by Crippen LogP contribution is -2.34. The third-order valence-corrected chi connectivity index (χ3v) is 2.61. The molecule has 2 N–H and O–H groups in total. The summed E-state index contributed by atoms with van der Waals surface area (Å²) in [7, 11) is 1.40. The van der Waals surface area contributed by atoms with Crippen molar-refractivity contribution in [2.75, 3.05) is 20.3 Å². The molecule has 0 aromatic heterocycles. The van der Waals surface area contributed by atoms with E-state index in [1.807, 2.05) is 6.92 Å². The van der Waals surface area contributed by atoms with Crippen molar-refractivity contribution in [3.8, 4) is 11.5 Å².